The highest BCUT2D eigenvalue weighted by Crippen LogP contribution is 2.44. The molecule has 0 spiro atoms. The van der Waals surface area contributed by atoms with Gasteiger partial charge in [-0.25, -0.2) is 0 Å². The van der Waals surface area contributed by atoms with Crippen LogP contribution in [-0.2, 0) is 0 Å². The molecule has 0 saturated heterocycles. The van der Waals surface area contributed by atoms with Crippen molar-refractivity contribution in [1.82, 2.24) is 8.97 Å². The van der Waals surface area contributed by atoms with Crippen LogP contribution in [0, 0.1) is 0 Å². The lowest BCUT2D eigenvalue weighted by Gasteiger charge is -2.11. The molecule has 4 aromatic heterocycles. The fraction of sp³-hybridized carbons (Fsp3) is 0. The van der Waals surface area contributed by atoms with Crippen LogP contribution in [0.5, 0.6) is 0 Å². The van der Waals surface area contributed by atoms with Crippen molar-refractivity contribution in [2.24, 2.45) is 0 Å². The minimum Gasteiger partial charge on any atom is -0.309 e. The van der Waals surface area contributed by atoms with Gasteiger partial charge in [-0.15, -0.1) is 11.3 Å². The molecule has 4 heterocycles. The maximum absolute atomic E-state index is 14.2. The Morgan fingerprint density at radius 1 is 0.356 bits per heavy atom. The molecule has 4 heteroatoms. The van der Waals surface area contributed by atoms with Crippen molar-refractivity contribution in [2.45, 2.75) is 0 Å². The van der Waals surface area contributed by atoms with Crippen molar-refractivity contribution in [3.63, 3.8) is 0 Å². The van der Waals surface area contributed by atoms with Crippen LogP contribution in [-0.4, -0.2) is 8.97 Å². The Bertz CT molecular complexity index is 3930. The van der Waals surface area contributed by atoms with E-state index in [1.54, 1.807) is 0 Å². The van der Waals surface area contributed by atoms with Crippen LogP contribution in [0.15, 0.2) is 199 Å². The van der Waals surface area contributed by atoms with E-state index < -0.39 is 0 Å². The average molecular weight is 769 g/mol. The minimum absolute atomic E-state index is 0.0271. The monoisotopic (exact) mass is 768 g/mol. The average Bonchev–Trinajstić information content (AvgIpc) is 3.96. The topological polar surface area (TPSA) is 26.4 Å². The first-order valence-electron chi connectivity index (χ1n) is 20.0. The van der Waals surface area contributed by atoms with Gasteiger partial charge in [0.1, 0.15) is 0 Å². The maximum Gasteiger partial charge on any atom is 0.263 e. The zero-order chi connectivity index (χ0) is 38.8. The smallest absolute Gasteiger partial charge is 0.263 e. The third-order valence-electron chi connectivity index (χ3n) is 12.5. The van der Waals surface area contributed by atoms with Gasteiger partial charge in [0.05, 0.1) is 22.1 Å². The number of benzene rings is 9. The quantitative estimate of drug-likeness (QED) is 0.164. The van der Waals surface area contributed by atoms with Crippen LogP contribution in [0.4, 0.5) is 0 Å². The molecule has 0 bridgehead atoms. The molecular weight excluding hydrogens is 737 g/mol. The molecule has 13 aromatic rings. The summed E-state index contributed by atoms with van der Waals surface area (Å²) in [5.74, 6) is 0. The molecule has 0 aliphatic heterocycles. The molecule has 0 N–H and O–H groups in total. The second-order valence-corrected chi connectivity index (χ2v) is 16.7. The van der Waals surface area contributed by atoms with E-state index in [9.17, 15) is 4.79 Å². The molecular formula is C55H32N2OS. The van der Waals surface area contributed by atoms with E-state index in [4.69, 9.17) is 0 Å². The van der Waals surface area contributed by atoms with Crippen molar-refractivity contribution >= 4 is 91.3 Å². The Kier molecular flexibility index (Phi) is 6.75. The van der Waals surface area contributed by atoms with Gasteiger partial charge in [-0.3, -0.25) is 9.20 Å². The van der Waals surface area contributed by atoms with Gasteiger partial charge in [0.25, 0.3) is 5.56 Å². The number of pyridine rings is 1. The first kappa shape index (κ1) is 32.5. The molecule has 0 atom stereocenters. The largest absolute Gasteiger partial charge is 0.309 e. The molecule has 274 valence electrons. The van der Waals surface area contributed by atoms with Crippen molar-refractivity contribution in [2.75, 3.05) is 0 Å². The zero-order valence-electron chi connectivity index (χ0n) is 31.7. The summed E-state index contributed by atoms with van der Waals surface area (Å²) in [6, 6.07) is 69.7. The fourth-order valence-electron chi connectivity index (χ4n) is 9.82. The molecule has 0 saturated carbocycles. The molecule has 0 amide bonds. The van der Waals surface area contributed by atoms with Crippen LogP contribution in [0.1, 0.15) is 0 Å². The molecule has 59 heavy (non-hydrogen) atoms. The predicted molar refractivity (Wildman–Crippen MR) is 251 cm³/mol. The summed E-state index contributed by atoms with van der Waals surface area (Å²) in [6.07, 6.45) is 0. The summed E-state index contributed by atoms with van der Waals surface area (Å²) >= 11 is 1.83. The number of para-hydroxylation sites is 3. The Labute approximate surface area is 342 Å². The molecule has 0 aliphatic carbocycles. The summed E-state index contributed by atoms with van der Waals surface area (Å²) in [4.78, 5) is 14.2. The van der Waals surface area contributed by atoms with Gasteiger partial charge in [-0.1, -0.05) is 127 Å². The zero-order valence-corrected chi connectivity index (χ0v) is 32.5. The number of hydrogen-bond acceptors (Lipinski definition) is 2. The van der Waals surface area contributed by atoms with Crippen molar-refractivity contribution < 1.29 is 0 Å². The first-order chi connectivity index (χ1) is 29.2. The van der Waals surface area contributed by atoms with E-state index in [1.165, 1.54) is 69.8 Å². The lowest BCUT2D eigenvalue weighted by molar-refractivity contribution is 1.19. The van der Waals surface area contributed by atoms with Gasteiger partial charge < -0.3 is 4.57 Å². The number of aromatic nitrogens is 2. The van der Waals surface area contributed by atoms with Gasteiger partial charge in [0.15, 0.2) is 0 Å². The number of rotatable bonds is 4. The second-order valence-electron chi connectivity index (χ2n) is 15.6. The fourth-order valence-corrected chi connectivity index (χ4v) is 10.9. The molecule has 0 aliphatic rings. The summed E-state index contributed by atoms with van der Waals surface area (Å²) in [6.45, 7) is 0. The van der Waals surface area contributed by atoms with E-state index >= 15 is 0 Å². The third kappa shape index (κ3) is 4.66. The highest BCUT2D eigenvalue weighted by atomic mass is 32.1. The number of fused-ring (bicyclic) bond motifs is 11. The number of thiophene rings is 1. The Morgan fingerprint density at radius 2 is 0.983 bits per heavy atom. The van der Waals surface area contributed by atoms with Crippen LogP contribution in [0.25, 0.3) is 119 Å². The minimum atomic E-state index is 0.0271. The van der Waals surface area contributed by atoms with Crippen LogP contribution in [0.2, 0.25) is 0 Å². The van der Waals surface area contributed by atoms with Crippen LogP contribution >= 0.6 is 11.3 Å². The van der Waals surface area contributed by atoms with E-state index in [0.717, 1.165) is 49.2 Å². The molecule has 0 radical (unpaired) electrons. The summed E-state index contributed by atoms with van der Waals surface area (Å²) < 4.78 is 6.83. The van der Waals surface area contributed by atoms with Crippen molar-refractivity contribution in [3.05, 3.63) is 204 Å². The van der Waals surface area contributed by atoms with Crippen molar-refractivity contribution in [3.8, 4) is 39.1 Å². The molecule has 0 fully saturated rings. The van der Waals surface area contributed by atoms with Gasteiger partial charge >= 0.3 is 0 Å². The van der Waals surface area contributed by atoms with E-state index in [1.807, 2.05) is 33.9 Å². The van der Waals surface area contributed by atoms with E-state index in [-0.39, 0.29) is 5.56 Å². The summed E-state index contributed by atoms with van der Waals surface area (Å²) in [5.41, 5.74) is 12.6. The lowest BCUT2D eigenvalue weighted by atomic mass is 9.96. The van der Waals surface area contributed by atoms with E-state index in [0.29, 0.717) is 0 Å². The predicted octanol–water partition coefficient (Wildman–Crippen LogP) is 14.7. The van der Waals surface area contributed by atoms with Crippen LogP contribution < -0.4 is 5.56 Å². The first-order valence-corrected chi connectivity index (χ1v) is 20.9. The number of hydrogen-bond donors (Lipinski definition) is 0. The van der Waals surface area contributed by atoms with Gasteiger partial charge in [-0.05, 0) is 105 Å². The lowest BCUT2D eigenvalue weighted by Crippen LogP contribution is -2.12. The standard InChI is InChI=1S/C55H32N2OS/c58-55-44-26-23-37(31-45(44)43-19-9-18-42-40-15-4-7-21-49(40)57(55)54(42)43)39-17-10-22-52-53(39)47-32-38(25-28-51(47)59-52)56-48-20-6-5-16-41(48)46-30-36(24-27-50(46)56)35-14-8-13-34(29-35)33-11-2-1-3-12-33/h1-32H. The highest BCUT2D eigenvalue weighted by Gasteiger charge is 2.20. The SMILES string of the molecule is O=c1c2ccc(-c3cccc4sc5ccc(-n6c7ccccc7c7cc(-c8cccc(-c9ccccc9)c8)ccc76)cc5c34)cc2c2cccc3c4ccccc4n1c23. The molecule has 3 nitrogen and oxygen atoms in total. The molecule has 0 unspecified atom stereocenters. The van der Waals surface area contributed by atoms with Crippen molar-refractivity contribution in [1.29, 1.82) is 0 Å². The Balaban J connectivity index is 0.992. The summed E-state index contributed by atoms with van der Waals surface area (Å²) in [5, 5.41) is 9.97. The summed E-state index contributed by atoms with van der Waals surface area (Å²) in [7, 11) is 0. The normalized spacial score (nSPS) is 12.1. The van der Waals surface area contributed by atoms with Gasteiger partial charge in [0.2, 0.25) is 0 Å². The second kappa shape index (κ2) is 12.2. The van der Waals surface area contributed by atoms with Gasteiger partial charge in [-0.2, -0.15) is 0 Å². The maximum atomic E-state index is 14.2. The number of nitrogens with zero attached hydrogens (tertiary/aromatic N) is 2. The Morgan fingerprint density at radius 3 is 1.85 bits per heavy atom. The Hall–Kier alpha value is -7.53. The molecule has 9 aromatic carbocycles. The van der Waals surface area contributed by atoms with Crippen LogP contribution in [0.3, 0.4) is 0 Å². The van der Waals surface area contributed by atoms with E-state index in [2.05, 4.69) is 180 Å². The molecule has 13 rings (SSSR count). The third-order valence-corrected chi connectivity index (χ3v) is 13.6. The highest BCUT2D eigenvalue weighted by molar-refractivity contribution is 7.26. The van der Waals surface area contributed by atoms with Gasteiger partial charge in [0, 0.05) is 58.2 Å².